The van der Waals surface area contributed by atoms with Gasteiger partial charge in [0.05, 0.1) is 17.1 Å². The first-order valence-corrected chi connectivity index (χ1v) is 13.6. The molecule has 1 aliphatic heterocycles. The Morgan fingerprint density at radius 1 is 0.974 bits per heavy atom. The molecule has 196 valence electrons. The Balaban J connectivity index is 1.38. The number of nitrogens with one attached hydrogen (secondary N) is 2. The predicted octanol–water partition coefficient (Wildman–Crippen LogP) is 4.40. The molecule has 2 fully saturated rings. The van der Waals surface area contributed by atoms with Gasteiger partial charge in [0.1, 0.15) is 11.2 Å². The van der Waals surface area contributed by atoms with E-state index >= 15 is 0 Å². The molecule has 2 N–H and O–H groups in total. The summed E-state index contributed by atoms with van der Waals surface area (Å²) in [6.07, 6.45) is 6.73. The number of anilines is 3. The lowest BCUT2D eigenvalue weighted by Gasteiger charge is -2.35. The zero-order valence-corrected chi connectivity index (χ0v) is 22.0. The van der Waals surface area contributed by atoms with Gasteiger partial charge in [-0.3, -0.25) is 9.78 Å². The molecule has 2 atom stereocenters. The van der Waals surface area contributed by atoms with Gasteiger partial charge in [-0.25, -0.2) is 14.6 Å². The van der Waals surface area contributed by atoms with Gasteiger partial charge in [0.25, 0.3) is 5.56 Å². The third-order valence-corrected chi connectivity index (χ3v) is 7.94. The third kappa shape index (κ3) is 4.74. The van der Waals surface area contributed by atoms with Crippen LogP contribution in [0.4, 0.5) is 17.3 Å². The molecule has 0 spiro atoms. The molecule has 9 nitrogen and oxygen atoms in total. The molecule has 2 aliphatic rings. The van der Waals surface area contributed by atoms with Crippen molar-refractivity contribution in [3.05, 3.63) is 65.2 Å². The number of hydrogen-bond acceptors (Lipinski definition) is 8. The highest BCUT2D eigenvalue weighted by atomic mass is 16.1. The lowest BCUT2D eigenvalue weighted by Crippen LogP contribution is -2.43. The van der Waals surface area contributed by atoms with E-state index < -0.39 is 0 Å². The molecule has 4 heterocycles. The molecule has 0 radical (unpaired) electrons. The topological polar surface area (TPSA) is 101 Å². The lowest BCUT2D eigenvalue weighted by atomic mass is 9.79. The zero-order chi connectivity index (χ0) is 26.1. The van der Waals surface area contributed by atoms with Crippen LogP contribution >= 0.6 is 0 Å². The number of rotatable bonds is 5. The van der Waals surface area contributed by atoms with E-state index in [0.717, 1.165) is 44.7 Å². The Morgan fingerprint density at radius 2 is 1.74 bits per heavy atom. The van der Waals surface area contributed by atoms with Gasteiger partial charge < -0.3 is 15.5 Å². The van der Waals surface area contributed by atoms with Gasteiger partial charge in [0.15, 0.2) is 0 Å². The maximum atomic E-state index is 13.7. The molecule has 1 saturated heterocycles. The van der Waals surface area contributed by atoms with Crippen molar-refractivity contribution < 1.29 is 0 Å². The first kappa shape index (κ1) is 24.5. The molecule has 1 aliphatic carbocycles. The number of fused-ring (bicyclic) bond motifs is 1. The number of hydrogen-bond donors (Lipinski definition) is 2. The molecule has 3 aromatic heterocycles. The first-order chi connectivity index (χ1) is 18.6. The van der Waals surface area contributed by atoms with E-state index in [-0.39, 0.29) is 11.6 Å². The highest BCUT2D eigenvalue weighted by Gasteiger charge is 2.32. The molecule has 6 rings (SSSR count). The number of pyridine rings is 1. The number of piperazine rings is 1. The average molecular weight is 511 g/mol. The van der Waals surface area contributed by atoms with Gasteiger partial charge in [0.2, 0.25) is 5.95 Å². The molecular weight excluding hydrogens is 476 g/mol. The monoisotopic (exact) mass is 510 g/mol. The third-order valence-electron chi connectivity index (χ3n) is 7.94. The van der Waals surface area contributed by atoms with Crippen LogP contribution < -0.4 is 21.1 Å². The molecule has 0 bridgehead atoms. The van der Waals surface area contributed by atoms with Crippen molar-refractivity contribution in [1.29, 1.82) is 0 Å². The van der Waals surface area contributed by atoms with Crippen LogP contribution in [0.2, 0.25) is 0 Å². The van der Waals surface area contributed by atoms with E-state index in [1.54, 1.807) is 17.1 Å². The predicted molar refractivity (Wildman–Crippen MR) is 151 cm³/mol. The molecule has 0 amide bonds. The van der Waals surface area contributed by atoms with Crippen molar-refractivity contribution in [2.75, 3.05) is 36.4 Å². The summed E-state index contributed by atoms with van der Waals surface area (Å²) in [6, 6.07) is 14.0. The highest BCUT2D eigenvalue weighted by molar-refractivity contribution is 5.89. The molecule has 2 unspecified atom stereocenters. The number of nitrogens with zero attached hydrogens (tertiary/aromatic N) is 6. The normalized spacial score (nSPS) is 21.9. The number of benzene rings is 1. The fourth-order valence-electron chi connectivity index (χ4n) is 5.93. The molecule has 9 heteroatoms. The summed E-state index contributed by atoms with van der Waals surface area (Å²) in [7, 11) is 0. The van der Waals surface area contributed by atoms with E-state index in [0.29, 0.717) is 40.1 Å². The smallest absolute Gasteiger partial charge is 0.278 e. The van der Waals surface area contributed by atoms with Gasteiger partial charge in [-0.2, -0.15) is 5.10 Å². The minimum atomic E-state index is -0.141. The summed E-state index contributed by atoms with van der Waals surface area (Å²) < 4.78 is 1.69. The summed E-state index contributed by atoms with van der Waals surface area (Å²) in [4.78, 5) is 30.0. The second-order valence-electron chi connectivity index (χ2n) is 10.6. The quantitative estimate of drug-likeness (QED) is 0.408. The van der Waals surface area contributed by atoms with Crippen LogP contribution in [0.25, 0.3) is 22.3 Å². The van der Waals surface area contributed by atoms with Crippen molar-refractivity contribution >= 4 is 28.2 Å². The second kappa shape index (κ2) is 10.5. The van der Waals surface area contributed by atoms with E-state index in [1.165, 1.54) is 12.1 Å². The molecule has 1 aromatic carbocycles. The van der Waals surface area contributed by atoms with Crippen molar-refractivity contribution in [1.82, 2.24) is 30.0 Å². The minimum absolute atomic E-state index is 0.0371. The van der Waals surface area contributed by atoms with Crippen LogP contribution in [0.5, 0.6) is 0 Å². The largest absolute Gasteiger partial charge is 0.369 e. The van der Waals surface area contributed by atoms with Gasteiger partial charge >= 0.3 is 0 Å². The van der Waals surface area contributed by atoms with Crippen molar-refractivity contribution in [3.63, 3.8) is 0 Å². The SMILES string of the molecule is CC1CCCC(C)C1n1nc(-c2ccccn2)c2nc(Nc3ccc(N4CCNCC4)cc3)ncc2c1=O. The Labute approximate surface area is 222 Å². The highest BCUT2D eigenvalue weighted by Crippen LogP contribution is 2.37. The maximum Gasteiger partial charge on any atom is 0.278 e. The zero-order valence-electron chi connectivity index (χ0n) is 22.0. The average Bonchev–Trinajstić information content (AvgIpc) is 2.95. The van der Waals surface area contributed by atoms with E-state index in [9.17, 15) is 4.79 Å². The Hall–Kier alpha value is -3.85. The summed E-state index contributed by atoms with van der Waals surface area (Å²) in [6.45, 7) is 8.43. The van der Waals surface area contributed by atoms with Gasteiger partial charge in [-0.05, 0) is 61.1 Å². The van der Waals surface area contributed by atoms with Gasteiger partial charge in [-0.1, -0.05) is 26.3 Å². The van der Waals surface area contributed by atoms with Gasteiger partial charge in [0, 0.05) is 49.9 Å². The van der Waals surface area contributed by atoms with Crippen LogP contribution in [0, 0.1) is 11.8 Å². The molecule has 4 aromatic rings. The van der Waals surface area contributed by atoms with Crippen molar-refractivity contribution in [2.24, 2.45) is 11.8 Å². The van der Waals surface area contributed by atoms with Crippen molar-refractivity contribution in [3.8, 4) is 11.4 Å². The maximum absolute atomic E-state index is 13.7. The fraction of sp³-hybridized carbons (Fsp3) is 0.414. The van der Waals surface area contributed by atoms with E-state index in [2.05, 4.69) is 51.5 Å². The Kier molecular flexibility index (Phi) is 6.76. The molecule has 38 heavy (non-hydrogen) atoms. The molecular formula is C29H34N8O. The summed E-state index contributed by atoms with van der Waals surface area (Å²) >= 11 is 0. The van der Waals surface area contributed by atoms with Crippen LogP contribution in [0.15, 0.2) is 59.7 Å². The first-order valence-electron chi connectivity index (χ1n) is 13.6. The Bertz CT molecular complexity index is 1450. The summed E-state index contributed by atoms with van der Waals surface area (Å²) in [5.41, 5.74) is 3.74. The fourth-order valence-corrected chi connectivity index (χ4v) is 5.93. The molecule has 1 saturated carbocycles. The van der Waals surface area contributed by atoms with Crippen molar-refractivity contribution in [2.45, 2.75) is 39.2 Å². The summed E-state index contributed by atoms with van der Waals surface area (Å²) in [5, 5.41) is 12.1. The van der Waals surface area contributed by atoms with Crippen LogP contribution in [0.3, 0.4) is 0 Å². The van der Waals surface area contributed by atoms with E-state index in [4.69, 9.17) is 10.1 Å². The van der Waals surface area contributed by atoms with Crippen LogP contribution in [-0.2, 0) is 0 Å². The van der Waals surface area contributed by atoms with Crippen LogP contribution in [0.1, 0.15) is 39.2 Å². The van der Waals surface area contributed by atoms with E-state index in [1.807, 2.05) is 30.3 Å². The lowest BCUT2D eigenvalue weighted by molar-refractivity contribution is 0.165. The standard InChI is InChI=1S/C29H34N8O/c1-19-6-5-7-20(2)27(19)37-28(38)23-18-32-29(34-25(23)26(35-37)24-8-3-4-13-31-24)33-21-9-11-22(12-10-21)36-16-14-30-15-17-36/h3-4,8-13,18-20,27,30H,5-7,14-17H2,1-2H3,(H,32,33,34). The summed E-state index contributed by atoms with van der Waals surface area (Å²) in [5.74, 6) is 1.15. The second-order valence-corrected chi connectivity index (χ2v) is 10.6. The van der Waals surface area contributed by atoms with Gasteiger partial charge in [-0.15, -0.1) is 0 Å². The Morgan fingerprint density at radius 3 is 2.45 bits per heavy atom. The number of aromatic nitrogens is 5. The minimum Gasteiger partial charge on any atom is -0.369 e. The van der Waals surface area contributed by atoms with Crippen LogP contribution in [-0.4, -0.2) is 50.9 Å².